The van der Waals surface area contributed by atoms with Crippen molar-refractivity contribution in [2.24, 2.45) is 0 Å². The van der Waals surface area contributed by atoms with Crippen LogP contribution in [-0.2, 0) is 23.8 Å². The van der Waals surface area contributed by atoms with Gasteiger partial charge in [0, 0.05) is 20.1 Å². The first kappa shape index (κ1) is 24.2. The van der Waals surface area contributed by atoms with Crippen molar-refractivity contribution in [3.05, 3.63) is 59.7 Å². The lowest BCUT2D eigenvalue weighted by Crippen LogP contribution is -2.60. The zero-order valence-electron chi connectivity index (χ0n) is 18.8. The molecular weight excluding hydrogens is 428 g/mol. The van der Waals surface area contributed by atoms with Gasteiger partial charge in [-0.05, 0) is 29.2 Å². The number of hydrogen-bond acceptors (Lipinski definition) is 6. The molecule has 2 unspecified atom stereocenters. The molecule has 2 atom stereocenters. The number of nitrogens with one attached hydrogen (secondary N) is 2. The first-order valence-corrected chi connectivity index (χ1v) is 10.5. The summed E-state index contributed by atoms with van der Waals surface area (Å²) in [5.74, 6) is -1.96. The van der Waals surface area contributed by atoms with Gasteiger partial charge in [-0.15, -0.1) is 0 Å². The van der Waals surface area contributed by atoms with E-state index >= 15 is 0 Å². The average Bonchev–Trinajstić information content (AvgIpc) is 3.11. The number of amides is 2. The molecule has 9 heteroatoms. The van der Waals surface area contributed by atoms with Crippen molar-refractivity contribution in [1.82, 2.24) is 10.6 Å². The zero-order chi connectivity index (χ0) is 24.0. The Bertz CT molecular complexity index is 980. The predicted molar refractivity (Wildman–Crippen MR) is 120 cm³/mol. The molecule has 0 saturated heterocycles. The molecule has 0 spiro atoms. The molecule has 0 saturated carbocycles. The van der Waals surface area contributed by atoms with Crippen LogP contribution in [0.3, 0.4) is 0 Å². The molecule has 2 aromatic carbocycles. The van der Waals surface area contributed by atoms with E-state index in [9.17, 15) is 14.4 Å². The first-order chi connectivity index (χ1) is 15.8. The lowest BCUT2D eigenvalue weighted by atomic mass is 9.98. The molecule has 0 heterocycles. The van der Waals surface area contributed by atoms with Crippen LogP contribution in [-0.4, -0.2) is 68.7 Å². The molecule has 0 aromatic heterocycles. The van der Waals surface area contributed by atoms with Crippen LogP contribution in [0, 0.1) is 0 Å². The predicted octanol–water partition coefficient (Wildman–Crippen LogP) is 2.15. The van der Waals surface area contributed by atoms with Crippen LogP contribution in [0.2, 0.25) is 0 Å². The summed E-state index contributed by atoms with van der Waals surface area (Å²) in [6, 6.07) is 15.9. The van der Waals surface area contributed by atoms with Crippen LogP contribution in [0.25, 0.3) is 11.1 Å². The molecule has 176 valence electrons. The maximum Gasteiger partial charge on any atom is 0.408 e. The van der Waals surface area contributed by atoms with E-state index in [1.807, 2.05) is 48.5 Å². The van der Waals surface area contributed by atoms with Crippen molar-refractivity contribution in [1.29, 1.82) is 0 Å². The number of carboxylic acids is 1. The first-order valence-electron chi connectivity index (χ1n) is 10.5. The van der Waals surface area contributed by atoms with Crippen LogP contribution in [0.5, 0.6) is 0 Å². The van der Waals surface area contributed by atoms with Crippen molar-refractivity contribution >= 4 is 18.0 Å². The van der Waals surface area contributed by atoms with Gasteiger partial charge in [0.25, 0.3) is 0 Å². The Morgan fingerprint density at radius 2 is 1.61 bits per heavy atom. The van der Waals surface area contributed by atoms with Crippen LogP contribution in [0.4, 0.5) is 4.79 Å². The maximum absolute atomic E-state index is 12.7. The van der Waals surface area contributed by atoms with Crippen molar-refractivity contribution in [3.8, 4) is 11.1 Å². The Hall–Kier alpha value is -3.43. The summed E-state index contributed by atoms with van der Waals surface area (Å²) in [5, 5.41) is 14.1. The highest BCUT2D eigenvalue weighted by molar-refractivity contribution is 5.90. The van der Waals surface area contributed by atoms with Gasteiger partial charge in [0.2, 0.25) is 5.91 Å². The summed E-state index contributed by atoms with van der Waals surface area (Å²) in [6.07, 6.45) is -2.00. The second kappa shape index (κ2) is 10.5. The van der Waals surface area contributed by atoms with Crippen LogP contribution in [0.1, 0.15) is 24.0 Å². The molecular formula is C24H28N2O7. The number of carbonyl (C=O) groups excluding carboxylic acids is 2. The quantitative estimate of drug-likeness (QED) is 0.501. The molecule has 1 aliphatic carbocycles. The van der Waals surface area contributed by atoms with Gasteiger partial charge in [0.15, 0.2) is 6.10 Å². The second-order valence-corrected chi connectivity index (χ2v) is 7.99. The fourth-order valence-corrected chi connectivity index (χ4v) is 3.96. The minimum Gasteiger partial charge on any atom is -0.479 e. The van der Waals surface area contributed by atoms with Gasteiger partial charge in [0.1, 0.15) is 12.1 Å². The summed E-state index contributed by atoms with van der Waals surface area (Å²) in [5.41, 5.74) is 2.88. The number of carbonyl (C=O) groups is 3. The largest absolute Gasteiger partial charge is 0.479 e. The van der Waals surface area contributed by atoms with Crippen molar-refractivity contribution in [3.63, 3.8) is 0 Å². The van der Waals surface area contributed by atoms with Crippen molar-refractivity contribution < 1.29 is 33.7 Å². The number of hydrogen-bond donors (Lipinski definition) is 3. The molecule has 0 aliphatic heterocycles. The van der Waals surface area contributed by atoms with E-state index in [0.717, 1.165) is 22.3 Å². The maximum atomic E-state index is 12.7. The Kier molecular flexibility index (Phi) is 7.67. The van der Waals surface area contributed by atoms with E-state index < -0.39 is 29.6 Å². The van der Waals surface area contributed by atoms with E-state index in [0.29, 0.717) is 0 Å². The van der Waals surface area contributed by atoms with Crippen LogP contribution < -0.4 is 10.6 Å². The third-order valence-corrected chi connectivity index (χ3v) is 5.66. The van der Waals surface area contributed by atoms with Gasteiger partial charge >= 0.3 is 12.1 Å². The Balaban J connectivity index is 1.66. The number of fused-ring (bicyclic) bond motifs is 3. The fraction of sp³-hybridized carbons (Fsp3) is 0.375. The number of alkyl carbamates (subject to hydrolysis) is 1. The number of aliphatic carboxylic acids is 1. The minimum absolute atomic E-state index is 0.0926. The number of ether oxygens (including phenoxy) is 3. The third-order valence-electron chi connectivity index (χ3n) is 5.66. The van der Waals surface area contributed by atoms with Gasteiger partial charge in [-0.2, -0.15) is 0 Å². The summed E-state index contributed by atoms with van der Waals surface area (Å²) in [4.78, 5) is 36.4. The molecule has 0 radical (unpaired) electrons. The van der Waals surface area contributed by atoms with E-state index in [4.69, 9.17) is 19.3 Å². The summed E-state index contributed by atoms with van der Waals surface area (Å²) < 4.78 is 15.4. The Morgan fingerprint density at radius 3 is 2.12 bits per heavy atom. The number of benzene rings is 2. The van der Waals surface area contributed by atoms with Crippen LogP contribution >= 0.6 is 0 Å². The standard InChI is InChI=1S/C24H28N2O7/c1-24(14-31-2,22(29)25-12-20(32-3)21(27)28)26-23(30)33-13-19-17-10-6-4-8-15(17)16-9-5-7-11-18(16)19/h4-11,19-20H,12-14H2,1-3H3,(H,25,29)(H,26,30)(H,27,28). The summed E-state index contributed by atoms with van der Waals surface area (Å²) >= 11 is 0. The lowest BCUT2D eigenvalue weighted by Gasteiger charge is -2.29. The van der Waals surface area contributed by atoms with E-state index in [2.05, 4.69) is 10.6 Å². The Labute approximate surface area is 192 Å². The Morgan fingerprint density at radius 1 is 1.03 bits per heavy atom. The smallest absolute Gasteiger partial charge is 0.408 e. The van der Waals surface area contributed by atoms with Gasteiger partial charge in [-0.25, -0.2) is 9.59 Å². The molecule has 33 heavy (non-hydrogen) atoms. The molecule has 3 N–H and O–H groups in total. The number of rotatable bonds is 10. The summed E-state index contributed by atoms with van der Waals surface area (Å²) in [7, 11) is 2.62. The highest BCUT2D eigenvalue weighted by Crippen LogP contribution is 2.44. The molecule has 2 amide bonds. The normalized spacial score (nSPS) is 15.0. The van der Waals surface area contributed by atoms with Crippen molar-refractivity contribution in [2.45, 2.75) is 24.5 Å². The lowest BCUT2D eigenvalue weighted by molar-refractivity contribution is -0.148. The SMILES string of the molecule is COCC(C)(NC(=O)OCC1c2ccccc2-c2ccccc21)C(=O)NCC(OC)C(=O)O. The van der Waals surface area contributed by atoms with E-state index in [1.165, 1.54) is 21.1 Å². The topological polar surface area (TPSA) is 123 Å². The molecule has 0 bridgehead atoms. The average molecular weight is 456 g/mol. The monoisotopic (exact) mass is 456 g/mol. The molecule has 0 fully saturated rings. The highest BCUT2D eigenvalue weighted by Gasteiger charge is 2.37. The zero-order valence-corrected chi connectivity index (χ0v) is 18.8. The molecule has 9 nitrogen and oxygen atoms in total. The fourth-order valence-electron chi connectivity index (χ4n) is 3.96. The second-order valence-electron chi connectivity index (χ2n) is 7.99. The number of carboxylic acid groups (broad SMARTS) is 1. The minimum atomic E-state index is -1.48. The van der Waals surface area contributed by atoms with E-state index in [-0.39, 0.29) is 25.7 Å². The highest BCUT2D eigenvalue weighted by atomic mass is 16.5. The van der Waals surface area contributed by atoms with Gasteiger partial charge < -0.3 is 30.0 Å². The van der Waals surface area contributed by atoms with E-state index in [1.54, 1.807) is 0 Å². The molecule has 3 rings (SSSR count). The molecule has 1 aliphatic rings. The third kappa shape index (κ3) is 5.32. The number of methoxy groups -OCH3 is 2. The summed E-state index contributed by atoms with van der Waals surface area (Å²) in [6.45, 7) is 1.15. The van der Waals surface area contributed by atoms with Gasteiger partial charge in [-0.3, -0.25) is 4.79 Å². The van der Waals surface area contributed by atoms with Crippen molar-refractivity contribution in [2.75, 3.05) is 34.0 Å². The van der Waals surface area contributed by atoms with Gasteiger partial charge in [-0.1, -0.05) is 48.5 Å². The van der Waals surface area contributed by atoms with Gasteiger partial charge in [0.05, 0.1) is 13.2 Å². The molecule has 2 aromatic rings. The van der Waals surface area contributed by atoms with Crippen LogP contribution in [0.15, 0.2) is 48.5 Å².